The number of aromatic nitrogens is 2. The summed E-state index contributed by atoms with van der Waals surface area (Å²) < 4.78 is 0. The van der Waals surface area contributed by atoms with Gasteiger partial charge in [0.25, 0.3) is 0 Å². The summed E-state index contributed by atoms with van der Waals surface area (Å²) in [5, 5.41) is 9.80. The van der Waals surface area contributed by atoms with Crippen LogP contribution in [0.1, 0.15) is 25.0 Å². The number of fused-ring (bicyclic) bond motifs is 8. The average molecular weight is 777 g/mol. The Bertz CT molecular complexity index is 3560. The van der Waals surface area contributed by atoms with E-state index in [4.69, 9.17) is 9.97 Å². The molecule has 0 bridgehead atoms. The van der Waals surface area contributed by atoms with E-state index in [1.807, 2.05) is 6.07 Å². The van der Waals surface area contributed by atoms with E-state index in [1.165, 1.54) is 82.2 Å². The molecule has 0 spiro atoms. The monoisotopic (exact) mass is 776 g/mol. The zero-order valence-corrected chi connectivity index (χ0v) is 34.0. The van der Waals surface area contributed by atoms with E-state index < -0.39 is 0 Å². The van der Waals surface area contributed by atoms with Gasteiger partial charge in [-0.05, 0) is 112 Å². The Hall–Kier alpha value is -7.68. The number of hydrogen-bond acceptors (Lipinski definition) is 2. The first-order chi connectivity index (χ1) is 30.0. The normalized spacial score (nSPS) is 12.9. The van der Waals surface area contributed by atoms with Crippen LogP contribution >= 0.6 is 0 Å². The minimum Gasteiger partial charge on any atom is -0.228 e. The molecule has 11 aromatic rings. The molecule has 2 heteroatoms. The molecular formula is C59H40N2. The van der Waals surface area contributed by atoms with Gasteiger partial charge >= 0.3 is 0 Å². The molecule has 0 N–H and O–H groups in total. The van der Waals surface area contributed by atoms with Crippen LogP contribution in [0.25, 0.3) is 110 Å². The molecule has 0 amide bonds. The highest BCUT2D eigenvalue weighted by Gasteiger charge is 2.37. The van der Waals surface area contributed by atoms with Gasteiger partial charge in [0.15, 0.2) is 5.82 Å². The van der Waals surface area contributed by atoms with Gasteiger partial charge < -0.3 is 0 Å². The molecule has 0 saturated heterocycles. The van der Waals surface area contributed by atoms with Crippen molar-refractivity contribution in [3.05, 3.63) is 217 Å². The van der Waals surface area contributed by atoms with Crippen molar-refractivity contribution < 1.29 is 0 Å². The van der Waals surface area contributed by atoms with Gasteiger partial charge in [0, 0.05) is 22.1 Å². The molecule has 286 valence electrons. The van der Waals surface area contributed by atoms with Crippen molar-refractivity contribution in [2.75, 3.05) is 0 Å². The number of rotatable bonds is 5. The Morgan fingerprint density at radius 1 is 0.311 bits per heavy atom. The van der Waals surface area contributed by atoms with Crippen LogP contribution in [0.4, 0.5) is 0 Å². The van der Waals surface area contributed by atoms with Gasteiger partial charge in [0.05, 0.1) is 11.4 Å². The van der Waals surface area contributed by atoms with E-state index in [9.17, 15) is 0 Å². The first-order valence-corrected chi connectivity index (χ1v) is 21.1. The smallest absolute Gasteiger partial charge is 0.161 e. The SMILES string of the molecule is CC1(C)c2cc(-c3ccc(-c4ccc(-c5nc(-c6ccccc6)cc(-c6ccc7ccccc7c6)n5)c5ccccc45)c4ccccc34)ccc2-c2ccc3ccccc3c21. The van der Waals surface area contributed by atoms with Crippen molar-refractivity contribution in [1.29, 1.82) is 0 Å². The first kappa shape index (κ1) is 35.3. The molecule has 0 atom stereocenters. The summed E-state index contributed by atoms with van der Waals surface area (Å²) in [4.78, 5) is 10.6. The predicted molar refractivity (Wildman–Crippen MR) is 257 cm³/mol. The number of nitrogens with zero attached hydrogens (tertiary/aromatic N) is 2. The molecule has 1 aliphatic rings. The van der Waals surface area contributed by atoms with E-state index in [-0.39, 0.29) is 5.41 Å². The van der Waals surface area contributed by atoms with Gasteiger partial charge in [-0.25, -0.2) is 9.97 Å². The molecule has 0 unspecified atom stereocenters. The van der Waals surface area contributed by atoms with Crippen LogP contribution < -0.4 is 0 Å². The summed E-state index contributed by atoms with van der Waals surface area (Å²) in [5.41, 5.74) is 15.2. The van der Waals surface area contributed by atoms with Crippen molar-refractivity contribution in [3.63, 3.8) is 0 Å². The standard InChI is InChI=1S/C59H40N2/c1-59(2)54-35-41(27-28-51(54)52-29-26-38-15-8-9-19-44(38)57(52)59)43-30-31-49(46-21-11-10-20-45(43)46)50-32-33-53(48-23-13-12-22-47(48)50)58-60-55(39-16-4-3-5-17-39)36-56(61-58)42-25-24-37-14-6-7-18-40(37)34-42/h3-36H,1-2H3. The second kappa shape index (κ2) is 13.7. The minimum absolute atomic E-state index is 0.126. The molecule has 1 aromatic heterocycles. The van der Waals surface area contributed by atoms with Crippen LogP contribution in [0.15, 0.2) is 206 Å². The van der Waals surface area contributed by atoms with Gasteiger partial charge in [-0.1, -0.05) is 196 Å². The second-order valence-electron chi connectivity index (χ2n) is 16.9. The molecular weight excluding hydrogens is 737 g/mol. The van der Waals surface area contributed by atoms with Crippen molar-refractivity contribution in [2.45, 2.75) is 19.3 Å². The maximum absolute atomic E-state index is 5.31. The zero-order chi connectivity index (χ0) is 40.7. The third-order valence-electron chi connectivity index (χ3n) is 13.1. The fourth-order valence-electron chi connectivity index (χ4n) is 10.1. The van der Waals surface area contributed by atoms with E-state index in [1.54, 1.807) is 0 Å². The highest BCUT2D eigenvalue weighted by molar-refractivity contribution is 6.12. The quantitative estimate of drug-likeness (QED) is 0.174. The van der Waals surface area contributed by atoms with Crippen LogP contribution in [0, 0.1) is 0 Å². The molecule has 0 fully saturated rings. The van der Waals surface area contributed by atoms with E-state index in [0.29, 0.717) is 5.82 Å². The highest BCUT2D eigenvalue weighted by atomic mass is 14.9. The van der Waals surface area contributed by atoms with Crippen LogP contribution in [0.2, 0.25) is 0 Å². The van der Waals surface area contributed by atoms with Crippen molar-refractivity contribution in [1.82, 2.24) is 9.97 Å². The van der Waals surface area contributed by atoms with Gasteiger partial charge in [-0.3, -0.25) is 0 Å². The summed E-state index contributed by atoms with van der Waals surface area (Å²) >= 11 is 0. The Balaban J connectivity index is 0.990. The predicted octanol–water partition coefficient (Wildman–Crippen LogP) is 15.7. The fraction of sp³-hybridized carbons (Fsp3) is 0.0508. The highest BCUT2D eigenvalue weighted by Crippen LogP contribution is 2.52. The molecule has 0 radical (unpaired) electrons. The number of hydrogen-bond donors (Lipinski definition) is 0. The van der Waals surface area contributed by atoms with E-state index in [0.717, 1.165) is 33.5 Å². The van der Waals surface area contributed by atoms with Gasteiger partial charge in [-0.15, -0.1) is 0 Å². The summed E-state index contributed by atoms with van der Waals surface area (Å²) in [6, 6.07) is 74.9. The maximum atomic E-state index is 5.31. The summed E-state index contributed by atoms with van der Waals surface area (Å²) in [6.45, 7) is 4.77. The first-order valence-electron chi connectivity index (χ1n) is 21.1. The van der Waals surface area contributed by atoms with Crippen LogP contribution in [-0.2, 0) is 5.41 Å². The van der Waals surface area contributed by atoms with Crippen molar-refractivity contribution >= 4 is 43.1 Å². The average Bonchev–Trinajstić information content (AvgIpc) is 3.56. The Morgan fingerprint density at radius 3 is 1.52 bits per heavy atom. The fourth-order valence-corrected chi connectivity index (χ4v) is 10.1. The van der Waals surface area contributed by atoms with Gasteiger partial charge in [-0.2, -0.15) is 0 Å². The summed E-state index contributed by atoms with van der Waals surface area (Å²) in [6.07, 6.45) is 0. The minimum atomic E-state index is -0.126. The molecule has 10 aromatic carbocycles. The van der Waals surface area contributed by atoms with E-state index in [2.05, 4.69) is 214 Å². The van der Waals surface area contributed by atoms with Crippen molar-refractivity contribution in [3.8, 4) is 67.3 Å². The van der Waals surface area contributed by atoms with Crippen LogP contribution in [0.3, 0.4) is 0 Å². The molecule has 61 heavy (non-hydrogen) atoms. The largest absolute Gasteiger partial charge is 0.228 e. The lowest BCUT2D eigenvalue weighted by Crippen LogP contribution is -2.15. The lowest BCUT2D eigenvalue weighted by molar-refractivity contribution is 0.666. The third kappa shape index (κ3) is 5.64. The molecule has 0 saturated carbocycles. The van der Waals surface area contributed by atoms with E-state index >= 15 is 0 Å². The Labute approximate surface area is 355 Å². The lowest BCUT2D eigenvalue weighted by Gasteiger charge is -2.24. The molecule has 0 aliphatic heterocycles. The van der Waals surface area contributed by atoms with Crippen LogP contribution in [0.5, 0.6) is 0 Å². The molecule has 1 heterocycles. The lowest BCUT2D eigenvalue weighted by atomic mass is 9.79. The Morgan fingerprint density at radius 2 is 0.803 bits per heavy atom. The van der Waals surface area contributed by atoms with Crippen molar-refractivity contribution in [2.24, 2.45) is 0 Å². The molecule has 2 nitrogen and oxygen atoms in total. The second-order valence-corrected chi connectivity index (χ2v) is 16.9. The number of benzene rings is 10. The topological polar surface area (TPSA) is 25.8 Å². The molecule has 1 aliphatic carbocycles. The van der Waals surface area contributed by atoms with Gasteiger partial charge in [0.1, 0.15) is 0 Å². The van der Waals surface area contributed by atoms with Crippen LogP contribution in [-0.4, -0.2) is 9.97 Å². The zero-order valence-electron chi connectivity index (χ0n) is 34.0. The third-order valence-corrected chi connectivity index (χ3v) is 13.1. The summed E-state index contributed by atoms with van der Waals surface area (Å²) in [5.74, 6) is 0.710. The molecule has 12 rings (SSSR count). The van der Waals surface area contributed by atoms with Gasteiger partial charge in [0.2, 0.25) is 0 Å². The summed E-state index contributed by atoms with van der Waals surface area (Å²) in [7, 11) is 0. The maximum Gasteiger partial charge on any atom is 0.161 e. The Kier molecular flexibility index (Phi) is 7.92.